The highest BCUT2D eigenvalue weighted by Gasteiger charge is 2.43. The predicted octanol–water partition coefficient (Wildman–Crippen LogP) is 18.2. The lowest BCUT2D eigenvalue weighted by Gasteiger charge is -2.31. The van der Waals surface area contributed by atoms with Gasteiger partial charge in [0.25, 0.3) is 0 Å². The molecule has 0 radical (unpaired) electrons. The van der Waals surface area contributed by atoms with Gasteiger partial charge >= 0.3 is 0 Å². The average molecular weight is 894 g/mol. The number of thiophene rings is 1. The summed E-state index contributed by atoms with van der Waals surface area (Å²) in [5.41, 5.74) is 21.7. The first-order valence-electron chi connectivity index (χ1n) is 24.4. The molecule has 1 heterocycles. The number of benzene rings is 8. The maximum absolute atomic E-state index is 2.50. The topological polar surface area (TPSA) is 3.24 Å². The van der Waals surface area contributed by atoms with Crippen molar-refractivity contribution in [2.75, 3.05) is 4.90 Å². The second-order valence-corrected chi connectivity index (χ2v) is 20.7. The molecule has 2 unspecified atom stereocenters. The van der Waals surface area contributed by atoms with Gasteiger partial charge in [0.15, 0.2) is 0 Å². The maximum atomic E-state index is 2.50. The van der Waals surface area contributed by atoms with Crippen molar-refractivity contribution >= 4 is 44.1 Å². The Kier molecular flexibility index (Phi) is 10.4. The van der Waals surface area contributed by atoms with Gasteiger partial charge in [0, 0.05) is 37.5 Å². The van der Waals surface area contributed by atoms with Gasteiger partial charge in [-0.15, -0.1) is 11.3 Å². The number of aryl methyl sites for hydroxylation is 1. The first kappa shape index (κ1) is 42.1. The van der Waals surface area contributed by atoms with Crippen molar-refractivity contribution in [3.8, 4) is 33.4 Å². The van der Waals surface area contributed by atoms with Crippen LogP contribution in [0.3, 0.4) is 0 Å². The highest BCUT2D eigenvalue weighted by molar-refractivity contribution is 7.20. The molecule has 4 aliphatic rings. The third kappa shape index (κ3) is 6.88. The molecule has 0 aliphatic heterocycles. The summed E-state index contributed by atoms with van der Waals surface area (Å²) < 4.78 is 1.38. The minimum Gasteiger partial charge on any atom is -0.310 e. The van der Waals surface area contributed by atoms with Gasteiger partial charge < -0.3 is 4.90 Å². The lowest BCUT2D eigenvalue weighted by Crippen LogP contribution is -2.23. The molecule has 1 nitrogen and oxygen atoms in total. The monoisotopic (exact) mass is 893 g/mol. The van der Waals surface area contributed by atoms with Crippen molar-refractivity contribution in [2.24, 2.45) is 5.92 Å². The Balaban J connectivity index is 0.000000632. The molecule has 1 aromatic heterocycles. The zero-order valence-corrected chi connectivity index (χ0v) is 40.2. The minimum atomic E-state index is -0.362. The molecule has 2 heteroatoms. The van der Waals surface area contributed by atoms with Crippen LogP contribution >= 0.6 is 11.3 Å². The molecule has 8 aromatic carbocycles. The van der Waals surface area contributed by atoms with Crippen LogP contribution in [-0.4, -0.2) is 0 Å². The van der Waals surface area contributed by atoms with Gasteiger partial charge in [0.2, 0.25) is 0 Å². The number of hydrogen-bond acceptors (Lipinski definition) is 2. The number of rotatable bonds is 6. The molecule has 0 saturated heterocycles. The van der Waals surface area contributed by atoms with Gasteiger partial charge in [-0.1, -0.05) is 197 Å². The van der Waals surface area contributed by atoms with Crippen molar-refractivity contribution in [3.05, 3.63) is 262 Å². The Morgan fingerprint density at radius 2 is 1.18 bits per heavy atom. The van der Waals surface area contributed by atoms with Crippen molar-refractivity contribution in [2.45, 2.75) is 57.8 Å². The lowest BCUT2D eigenvalue weighted by molar-refractivity contribution is 0.660. The van der Waals surface area contributed by atoms with Crippen LogP contribution in [0.4, 0.5) is 17.1 Å². The number of anilines is 3. The van der Waals surface area contributed by atoms with Gasteiger partial charge in [-0.05, 0) is 158 Å². The normalized spacial score (nSPS) is 17.8. The quantitative estimate of drug-likeness (QED) is 0.161. The van der Waals surface area contributed by atoms with Crippen LogP contribution in [0.1, 0.15) is 84.4 Å². The van der Waals surface area contributed by atoms with Crippen molar-refractivity contribution < 1.29 is 0 Å². The van der Waals surface area contributed by atoms with E-state index in [-0.39, 0.29) is 10.8 Å². The standard InChI is InChI=1S/C59H45NS.C7H10/c1-58(2)51-25-12-10-20-46(51)47-34-32-42(36-53(47)58)60(41-30-28-39(29-31-41)45-23-14-24-49-48-21-11-13-27-55(48)61-57(45)49)43-33-35-50-54(37-43)59(3,40-18-8-5-9-19-40)52-26-15-22-44(56(50)52)38-16-6-4-7-17-38;1-7-5-3-2-4-6-7/h4-13,15-23,25-37H,14,24H2,1-3H3;2-5,7H,6H2,1H3. The van der Waals surface area contributed by atoms with E-state index in [0.29, 0.717) is 0 Å². The molecule has 0 amide bonds. The van der Waals surface area contributed by atoms with Gasteiger partial charge in [0.1, 0.15) is 0 Å². The average Bonchev–Trinajstić information content (AvgIpc) is 3.98. The van der Waals surface area contributed by atoms with E-state index in [1.807, 2.05) is 11.3 Å². The van der Waals surface area contributed by atoms with E-state index in [1.54, 1.807) is 0 Å². The number of allylic oxidation sites excluding steroid dienone is 5. The van der Waals surface area contributed by atoms with E-state index in [1.165, 1.54) is 99.3 Å². The fourth-order valence-corrected chi connectivity index (χ4v) is 13.0. The van der Waals surface area contributed by atoms with Gasteiger partial charge in [-0.25, -0.2) is 0 Å². The molecular formula is C66H55NS. The molecule has 13 rings (SSSR count). The van der Waals surface area contributed by atoms with Crippen LogP contribution in [-0.2, 0) is 17.3 Å². The van der Waals surface area contributed by atoms with Gasteiger partial charge in [0.05, 0.1) is 0 Å². The van der Waals surface area contributed by atoms with E-state index in [9.17, 15) is 0 Å². The Morgan fingerprint density at radius 1 is 0.529 bits per heavy atom. The smallest absolute Gasteiger partial charge is 0.0465 e. The molecular weight excluding hydrogens is 839 g/mol. The third-order valence-electron chi connectivity index (χ3n) is 15.3. The van der Waals surface area contributed by atoms with Gasteiger partial charge in [-0.3, -0.25) is 0 Å². The van der Waals surface area contributed by atoms with Crippen molar-refractivity contribution in [1.29, 1.82) is 0 Å². The van der Waals surface area contributed by atoms with E-state index >= 15 is 0 Å². The summed E-state index contributed by atoms with van der Waals surface area (Å²) in [4.78, 5) is 3.92. The zero-order chi connectivity index (χ0) is 46.0. The van der Waals surface area contributed by atoms with E-state index in [2.05, 4.69) is 251 Å². The molecule has 0 bridgehead atoms. The van der Waals surface area contributed by atoms with Crippen LogP contribution in [0.5, 0.6) is 0 Å². The number of nitrogens with zero attached hydrogens (tertiary/aromatic N) is 1. The van der Waals surface area contributed by atoms with Crippen LogP contribution in [0, 0.1) is 5.92 Å². The fraction of sp³-hybridized carbons (Fsp3) is 0.152. The minimum absolute atomic E-state index is 0.119. The Morgan fingerprint density at radius 3 is 1.93 bits per heavy atom. The summed E-state index contributed by atoms with van der Waals surface area (Å²) >= 11 is 1.94. The molecule has 0 saturated carbocycles. The van der Waals surface area contributed by atoms with E-state index in [4.69, 9.17) is 0 Å². The molecule has 0 spiro atoms. The molecule has 2 atom stereocenters. The summed E-state index contributed by atoms with van der Waals surface area (Å²) in [6, 6.07) is 70.5. The molecule has 9 aromatic rings. The van der Waals surface area contributed by atoms with Crippen LogP contribution < -0.4 is 4.90 Å². The summed E-state index contributed by atoms with van der Waals surface area (Å²) in [7, 11) is 0. The van der Waals surface area contributed by atoms with Gasteiger partial charge in [-0.2, -0.15) is 0 Å². The molecule has 4 aliphatic carbocycles. The summed E-state index contributed by atoms with van der Waals surface area (Å²) in [5, 5.41) is 1.41. The Bertz CT molecular complexity index is 3470. The van der Waals surface area contributed by atoms with Crippen LogP contribution in [0.25, 0.3) is 49.0 Å². The van der Waals surface area contributed by atoms with E-state index in [0.717, 1.165) is 35.8 Å². The zero-order valence-electron chi connectivity index (χ0n) is 39.3. The molecule has 330 valence electrons. The molecule has 0 N–H and O–H groups in total. The highest BCUT2D eigenvalue weighted by atomic mass is 32.1. The Labute approximate surface area is 406 Å². The summed E-state index contributed by atoms with van der Waals surface area (Å²) in [6.07, 6.45) is 14.5. The van der Waals surface area contributed by atoms with Crippen LogP contribution in [0.2, 0.25) is 0 Å². The SMILES string of the molecule is CC1(C)c2ccccc2-c2ccc(N(c3ccc(C4=CCCc5c4sc4ccccc54)cc3)c3ccc4c(c3)C(C)(c3ccccc3)c3cccc(-c5ccccc5)c3-4)cc21.CC1C=CC=CC1. The van der Waals surface area contributed by atoms with Crippen molar-refractivity contribution in [3.63, 3.8) is 0 Å². The lowest BCUT2D eigenvalue weighted by atomic mass is 9.74. The fourth-order valence-electron chi connectivity index (χ4n) is 11.7. The van der Waals surface area contributed by atoms with Crippen molar-refractivity contribution in [1.82, 2.24) is 0 Å². The Hall–Kier alpha value is -7.26. The van der Waals surface area contributed by atoms with E-state index < -0.39 is 0 Å². The maximum Gasteiger partial charge on any atom is 0.0465 e. The van der Waals surface area contributed by atoms with Crippen LogP contribution in [0.15, 0.2) is 218 Å². The second-order valence-electron chi connectivity index (χ2n) is 19.7. The second kappa shape index (κ2) is 16.8. The number of fused-ring (bicyclic) bond motifs is 9. The largest absolute Gasteiger partial charge is 0.310 e. The third-order valence-corrected chi connectivity index (χ3v) is 16.5. The summed E-state index contributed by atoms with van der Waals surface area (Å²) in [6.45, 7) is 9.41. The predicted molar refractivity (Wildman–Crippen MR) is 291 cm³/mol. The number of hydrogen-bond donors (Lipinski definition) is 0. The summed E-state index contributed by atoms with van der Waals surface area (Å²) in [5.74, 6) is 0.769. The molecule has 68 heavy (non-hydrogen) atoms. The highest BCUT2D eigenvalue weighted by Crippen LogP contribution is 2.57. The first-order valence-corrected chi connectivity index (χ1v) is 25.2. The molecule has 0 fully saturated rings. The first-order chi connectivity index (χ1) is 33.3.